The maximum absolute atomic E-state index is 13.3. The molecule has 0 spiro atoms. The summed E-state index contributed by atoms with van der Waals surface area (Å²) >= 11 is 0. The number of nitrogens with zero attached hydrogens (tertiary/aromatic N) is 1. The average molecular weight is 424 g/mol. The molecule has 0 aliphatic rings. The fourth-order valence-electron chi connectivity index (χ4n) is 2.94. The van der Waals surface area contributed by atoms with Crippen molar-refractivity contribution in [3.05, 3.63) is 90.0 Å². The first-order chi connectivity index (χ1) is 14.4. The number of para-hydroxylation sites is 1. The molecule has 1 amide bonds. The minimum Gasteiger partial charge on any atom is -0.494 e. The Morgan fingerprint density at radius 2 is 1.40 bits per heavy atom. The molecule has 0 heterocycles. The van der Waals surface area contributed by atoms with Crippen LogP contribution in [0.1, 0.15) is 24.0 Å². The minimum absolute atomic E-state index is 0.0474. The quantitative estimate of drug-likeness (QED) is 0.484. The minimum atomic E-state index is -4.03. The molecule has 0 saturated heterocycles. The highest BCUT2D eigenvalue weighted by Crippen LogP contribution is 2.26. The molecule has 0 aromatic heterocycles. The van der Waals surface area contributed by atoms with E-state index in [2.05, 4.69) is 0 Å². The first kappa shape index (κ1) is 21.6. The molecule has 0 aliphatic carbocycles. The Hall–Kier alpha value is -3.12. The van der Waals surface area contributed by atoms with Crippen LogP contribution in [0.15, 0.2) is 83.8 Å². The standard InChI is InChI=1S/C24H25NO4S/c1-19-10-14-21(15-11-19)25(30(27,28)23-16-12-20(2)13-17-23)24(26)9-6-18-29-22-7-4-3-5-8-22/h3-5,7-8,10-17H,6,9,18H2,1-2H3. The lowest BCUT2D eigenvalue weighted by Crippen LogP contribution is -2.37. The van der Waals surface area contributed by atoms with E-state index in [0.717, 1.165) is 15.4 Å². The lowest BCUT2D eigenvalue weighted by molar-refractivity contribution is -0.117. The molecule has 156 valence electrons. The van der Waals surface area contributed by atoms with Crippen LogP contribution in [0.25, 0.3) is 0 Å². The molecule has 5 nitrogen and oxygen atoms in total. The Labute approximate surface area is 178 Å². The Bertz CT molecular complexity index is 1080. The zero-order chi connectivity index (χ0) is 21.6. The van der Waals surface area contributed by atoms with Gasteiger partial charge < -0.3 is 4.74 Å². The van der Waals surface area contributed by atoms with Gasteiger partial charge in [0.25, 0.3) is 10.0 Å². The van der Waals surface area contributed by atoms with Gasteiger partial charge in [-0.3, -0.25) is 4.79 Å². The van der Waals surface area contributed by atoms with Gasteiger partial charge >= 0.3 is 0 Å². The van der Waals surface area contributed by atoms with Gasteiger partial charge in [-0.05, 0) is 56.7 Å². The van der Waals surface area contributed by atoms with Crippen molar-refractivity contribution in [2.45, 2.75) is 31.6 Å². The average Bonchev–Trinajstić information content (AvgIpc) is 2.74. The number of hydrogen-bond donors (Lipinski definition) is 0. The van der Waals surface area contributed by atoms with Crippen LogP contribution in [0, 0.1) is 13.8 Å². The molecule has 6 heteroatoms. The maximum atomic E-state index is 13.3. The number of anilines is 1. The normalized spacial score (nSPS) is 11.1. The molecule has 0 saturated carbocycles. The van der Waals surface area contributed by atoms with E-state index in [1.165, 1.54) is 12.1 Å². The van der Waals surface area contributed by atoms with Gasteiger partial charge in [-0.15, -0.1) is 0 Å². The number of aryl methyl sites for hydroxylation is 2. The number of ether oxygens (including phenoxy) is 1. The number of carbonyl (C=O) groups is 1. The predicted octanol–water partition coefficient (Wildman–Crippen LogP) is 4.88. The summed E-state index contributed by atoms with van der Waals surface area (Å²) in [7, 11) is -4.03. The lowest BCUT2D eigenvalue weighted by Gasteiger charge is -2.23. The largest absolute Gasteiger partial charge is 0.494 e. The smallest absolute Gasteiger partial charge is 0.270 e. The van der Waals surface area contributed by atoms with Crippen molar-refractivity contribution in [1.29, 1.82) is 0 Å². The molecular formula is C24H25NO4S. The third-order valence-corrected chi connectivity index (χ3v) is 6.36. The van der Waals surface area contributed by atoms with Crippen LogP contribution in [0.4, 0.5) is 5.69 Å². The van der Waals surface area contributed by atoms with Crippen molar-refractivity contribution in [3.63, 3.8) is 0 Å². The predicted molar refractivity (Wildman–Crippen MR) is 118 cm³/mol. The summed E-state index contributed by atoms with van der Waals surface area (Å²) in [5.74, 6) is 0.226. The summed E-state index contributed by atoms with van der Waals surface area (Å²) in [5, 5.41) is 0. The van der Waals surface area contributed by atoms with E-state index < -0.39 is 15.9 Å². The second kappa shape index (κ2) is 9.59. The zero-order valence-corrected chi connectivity index (χ0v) is 17.9. The second-order valence-corrected chi connectivity index (χ2v) is 8.86. The Morgan fingerprint density at radius 1 is 0.833 bits per heavy atom. The Kier molecular flexibility index (Phi) is 6.90. The Morgan fingerprint density at radius 3 is 2.00 bits per heavy atom. The summed E-state index contributed by atoms with van der Waals surface area (Å²) in [6.07, 6.45) is 0.450. The van der Waals surface area contributed by atoms with Crippen molar-refractivity contribution < 1.29 is 17.9 Å². The summed E-state index contributed by atoms with van der Waals surface area (Å²) in [4.78, 5) is 13.1. The van der Waals surface area contributed by atoms with Crippen molar-refractivity contribution in [3.8, 4) is 5.75 Å². The van der Waals surface area contributed by atoms with E-state index >= 15 is 0 Å². The number of amides is 1. The summed E-state index contributed by atoms with van der Waals surface area (Å²) in [5.41, 5.74) is 2.26. The number of sulfonamides is 1. The second-order valence-electron chi connectivity index (χ2n) is 7.08. The van der Waals surface area contributed by atoms with E-state index in [1.54, 1.807) is 36.4 Å². The highest BCUT2D eigenvalue weighted by atomic mass is 32.2. The van der Waals surface area contributed by atoms with Crippen molar-refractivity contribution in [2.24, 2.45) is 0 Å². The number of carbonyl (C=O) groups excluding carboxylic acids is 1. The molecule has 3 aromatic carbocycles. The first-order valence-corrected chi connectivity index (χ1v) is 11.2. The van der Waals surface area contributed by atoms with E-state index in [0.29, 0.717) is 24.5 Å². The zero-order valence-electron chi connectivity index (χ0n) is 17.1. The molecule has 30 heavy (non-hydrogen) atoms. The number of hydrogen-bond acceptors (Lipinski definition) is 4. The van der Waals surface area contributed by atoms with Crippen LogP contribution in [0.2, 0.25) is 0 Å². The summed E-state index contributed by atoms with van der Waals surface area (Å²) < 4.78 is 33.1. The van der Waals surface area contributed by atoms with Gasteiger partial charge in [-0.1, -0.05) is 53.6 Å². The van der Waals surface area contributed by atoms with Crippen LogP contribution in [-0.2, 0) is 14.8 Å². The SMILES string of the molecule is Cc1ccc(N(C(=O)CCCOc2ccccc2)S(=O)(=O)c2ccc(C)cc2)cc1. The van der Waals surface area contributed by atoms with Gasteiger partial charge in [-0.25, -0.2) is 12.7 Å². The number of benzene rings is 3. The fourth-order valence-corrected chi connectivity index (χ4v) is 4.39. The molecule has 3 rings (SSSR count). The van der Waals surface area contributed by atoms with E-state index in [9.17, 15) is 13.2 Å². The molecule has 3 aromatic rings. The maximum Gasteiger partial charge on any atom is 0.270 e. The summed E-state index contributed by atoms with van der Waals surface area (Å²) in [6.45, 7) is 4.11. The van der Waals surface area contributed by atoms with E-state index in [-0.39, 0.29) is 11.3 Å². The molecule has 0 aliphatic heterocycles. The van der Waals surface area contributed by atoms with Crippen LogP contribution >= 0.6 is 0 Å². The van der Waals surface area contributed by atoms with Crippen LogP contribution in [0.5, 0.6) is 5.75 Å². The molecule has 0 unspecified atom stereocenters. The third-order valence-electron chi connectivity index (χ3n) is 4.60. The molecule has 0 atom stereocenters. The highest BCUT2D eigenvalue weighted by Gasteiger charge is 2.30. The summed E-state index contributed by atoms with van der Waals surface area (Å²) in [6, 6.07) is 22.7. The van der Waals surface area contributed by atoms with E-state index in [4.69, 9.17) is 4.74 Å². The van der Waals surface area contributed by atoms with Crippen LogP contribution in [0.3, 0.4) is 0 Å². The molecule has 0 fully saturated rings. The van der Waals surface area contributed by atoms with Gasteiger partial charge in [0, 0.05) is 6.42 Å². The van der Waals surface area contributed by atoms with Crippen molar-refractivity contribution >= 4 is 21.6 Å². The highest BCUT2D eigenvalue weighted by molar-refractivity contribution is 7.93. The van der Waals surface area contributed by atoms with Gasteiger partial charge in [-0.2, -0.15) is 0 Å². The van der Waals surface area contributed by atoms with Crippen molar-refractivity contribution in [1.82, 2.24) is 0 Å². The van der Waals surface area contributed by atoms with Crippen LogP contribution < -0.4 is 9.04 Å². The lowest BCUT2D eigenvalue weighted by atomic mass is 10.2. The van der Waals surface area contributed by atoms with Crippen molar-refractivity contribution in [2.75, 3.05) is 10.9 Å². The molecule has 0 bridgehead atoms. The molecule has 0 radical (unpaired) electrons. The molecule has 0 N–H and O–H groups in total. The fraction of sp³-hybridized carbons (Fsp3) is 0.208. The molecular weight excluding hydrogens is 398 g/mol. The van der Waals surface area contributed by atoms with Crippen LogP contribution in [-0.4, -0.2) is 20.9 Å². The third kappa shape index (κ3) is 5.27. The van der Waals surface area contributed by atoms with Gasteiger partial charge in [0.1, 0.15) is 5.75 Å². The van der Waals surface area contributed by atoms with Gasteiger partial charge in [0.05, 0.1) is 17.2 Å². The Balaban J connectivity index is 1.79. The van der Waals surface area contributed by atoms with Gasteiger partial charge in [0.2, 0.25) is 5.91 Å². The van der Waals surface area contributed by atoms with Gasteiger partial charge in [0.15, 0.2) is 0 Å². The first-order valence-electron chi connectivity index (χ1n) is 9.77. The number of rotatable bonds is 8. The van der Waals surface area contributed by atoms with E-state index in [1.807, 2.05) is 44.2 Å². The monoisotopic (exact) mass is 423 g/mol. The topological polar surface area (TPSA) is 63.7 Å².